The molecule has 1 aromatic heterocycles. The zero-order valence-corrected chi connectivity index (χ0v) is 24.8. The summed E-state index contributed by atoms with van der Waals surface area (Å²) in [7, 11) is 0. The van der Waals surface area contributed by atoms with Gasteiger partial charge >= 0.3 is 0 Å². The molecule has 6 rings (SSSR count). The van der Waals surface area contributed by atoms with Crippen molar-refractivity contribution in [3.63, 3.8) is 0 Å². The van der Waals surface area contributed by atoms with Crippen LogP contribution in [-0.4, -0.2) is 65.8 Å². The molecule has 3 aliphatic rings. The average Bonchev–Trinajstić information content (AvgIpc) is 3.41. The van der Waals surface area contributed by atoms with Crippen LogP contribution in [0.4, 0.5) is 10.2 Å². The van der Waals surface area contributed by atoms with Gasteiger partial charge in [-0.25, -0.2) is 9.37 Å². The standard InChI is InChI=1S/C32H35Cl2FN4O3/c33-25-10-12-29(37-30(25)20-3-6-23(35)7-4-20)39-16-13-22(18-39)32(41)36-27(19-38-14-1-2-15-38)31(40)21-5-11-28(26(34)17-21)42-24-8-9-24/h3-7,10-12,17,22,24,27,31,40H,1-2,8-9,13-16,18-19H2,(H,36,41). The maximum Gasteiger partial charge on any atom is 0.225 e. The minimum atomic E-state index is -0.921. The van der Waals surface area contributed by atoms with Crippen molar-refractivity contribution >= 4 is 34.9 Å². The molecule has 3 unspecified atom stereocenters. The van der Waals surface area contributed by atoms with Crippen LogP contribution < -0.4 is 15.0 Å². The Morgan fingerprint density at radius 3 is 2.50 bits per heavy atom. The van der Waals surface area contributed by atoms with Gasteiger partial charge in [0.2, 0.25) is 5.91 Å². The zero-order chi connectivity index (χ0) is 29.2. The van der Waals surface area contributed by atoms with Crippen LogP contribution in [0.25, 0.3) is 11.3 Å². The van der Waals surface area contributed by atoms with Crippen molar-refractivity contribution in [1.29, 1.82) is 0 Å². The predicted octanol–water partition coefficient (Wildman–Crippen LogP) is 5.88. The monoisotopic (exact) mass is 612 g/mol. The Bertz CT molecular complexity index is 1420. The molecule has 10 heteroatoms. The molecule has 3 heterocycles. The molecule has 1 aliphatic carbocycles. The highest BCUT2D eigenvalue weighted by molar-refractivity contribution is 6.33. The quantitative estimate of drug-likeness (QED) is 0.298. The molecule has 3 aromatic rings. The van der Waals surface area contributed by atoms with E-state index in [-0.39, 0.29) is 23.7 Å². The molecule has 2 aliphatic heterocycles. The van der Waals surface area contributed by atoms with Gasteiger partial charge in [-0.15, -0.1) is 0 Å². The second-order valence-electron chi connectivity index (χ2n) is 11.5. The Balaban J connectivity index is 1.14. The zero-order valence-electron chi connectivity index (χ0n) is 23.3. The molecule has 222 valence electrons. The number of carbonyl (C=O) groups excluding carboxylic acids is 1. The van der Waals surface area contributed by atoms with Gasteiger partial charge in [0.25, 0.3) is 0 Å². The Kier molecular flexibility index (Phi) is 8.86. The van der Waals surface area contributed by atoms with Crippen LogP contribution in [0.1, 0.15) is 43.8 Å². The van der Waals surface area contributed by atoms with E-state index in [2.05, 4.69) is 15.1 Å². The largest absolute Gasteiger partial charge is 0.489 e. The van der Waals surface area contributed by atoms with Crippen LogP contribution in [0.15, 0.2) is 54.6 Å². The Morgan fingerprint density at radius 2 is 1.79 bits per heavy atom. The number of rotatable bonds is 10. The van der Waals surface area contributed by atoms with Crippen LogP contribution >= 0.6 is 23.2 Å². The molecule has 2 saturated heterocycles. The Hall–Kier alpha value is -2.91. The lowest BCUT2D eigenvalue weighted by Gasteiger charge is -2.30. The summed E-state index contributed by atoms with van der Waals surface area (Å²) in [5, 5.41) is 15.6. The SMILES string of the molecule is O=C(NC(CN1CCCC1)C(O)c1ccc(OC2CC2)c(Cl)c1)C1CCN(c2ccc(Cl)c(-c3ccc(F)cc3)n2)C1. The van der Waals surface area contributed by atoms with Crippen LogP contribution in [-0.2, 0) is 4.79 Å². The molecule has 7 nitrogen and oxygen atoms in total. The van der Waals surface area contributed by atoms with Gasteiger partial charge in [0, 0.05) is 25.2 Å². The Morgan fingerprint density at radius 1 is 1.02 bits per heavy atom. The molecule has 3 atom stereocenters. The maximum absolute atomic E-state index is 13.6. The van der Waals surface area contributed by atoms with Gasteiger partial charge in [-0.1, -0.05) is 29.3 Å². The van der Waals surface area contributed by atoms with Crippen molar-refractivity contribution in [1.82, 2.24) is 15.2 Å². The fraction of sp³-hybridized carbons (Fsp3) is 0.438. The lowest BCUT2D eigenvalue weighted by atomic mass is 10.00. The third-order valence-electron chi connectivity index (χ3n) is 8.31. The number of pyridine rings is 1. The molecule has 2 N–H and O–H groups in total. The predicted molar refractivity (Wildman–Crippen MR) is 163 cm³/mol. The van der Waals surface area contributed by atoms with Gasteiger partial charge in [0.05, 0.1) is 33.8 Å². The summed E-state index contributed by atoms with van der Waals surface area (Å²) in [5.74, 6) is 0.664. The summed E-state index contributed by atoms with van der Waals surface area (Å²) in [4.78, 5) is 22.7. The fourth-order valence-electron chi connectivity index (χ4n) is 5.76. The normalized spacial score (nSPS) is 20.5. The summed E-state index contributed by atoms with van der Waals surface area (Å²) < 4.78 is 19.3. The van der Waals surface area contributed by atoms with Gasteiger partial charge in [-0.2, -0.15) is 0 Å². The summed E-state index contributed by atoms with van der Waals surface area (Å²) >= 11 is 12.9. The number of benzene rings is 2. The fourth-order valence-corrected chi connectivity index (χ4v) is 6.21. The average molecular weight is 614 g/mol. The molecule has 0 bridgehead atoms. The third-order valence-corrected chi connectivity index (χ3v) is 8.91. The molecule has 0 spiro atoms. The number of aliphatic hydroxyl groups is 1. The van der Waals surface area contributed by atoms with Crippen LogP contribution in [0.2, 0.25) is 10.0 Å². The first-order valence-electron chi connectivity index (χ1n) is 14.7. The number of carbonyl (C=O) groups is 1. The number of hydrogen-bond acceptors (Lipinski definition) is 6. The third kappa shape index (κ3) is 6.83. The summed E-state index contributed by atoms with van der Waals surface area (Å²) in [6.45, 7) is 3.61. The van der Waals surface area contributed by atoms with Crippen LogP contribution in [0.3, 0.4) is 0 Å². The lowest BCUT2D eigenvalue weighted by molar-refractivity contribution is -0.126. The number of aromatic nitrogens is 1. The van der Waals surface area contributed by atoms with Crippen molar-refractivity contribution in [2.24, 2.45) is 5.92 Å². The van der Waals surface area contributed by atoms with E-state index in [1.807, 2.05) is 18.2 Å². The second kappa shape index (κ2) is 12.8. The number of nitrogens with one attached hydrogen (secondary N) is 1. The summed E-state index contributed by atoms with van der Waals surface area (Å²) in [5.41, 5.74) is 1.95. The molecule has 3 fully saturated rings. The van der Waals surface area contributed by atoms with Crippen molar-refractivity contribution in [2.75, 3.05) is 37.6 Å². The van der Waals surface area contributed by atoms with Gasteiger partial charge in [-0.05, 0) is 99.3 Å². The van der Waals surface area contributed by atoms with E-state index in [0.29, 0.717) is 58.9 Å². The second-order valence-corrected chi connectivity index (χ2v) is 12.3. The number of hydrogen-bond donors (Lipinski definition) is 2. The van der Waals surface area contributed by atoms with Crippen molar-refractivity contribution in [3.8, 4) is 17.0 Å². The van der Waals surface area contributed by atoms with E-state index in [1.54, 1.807) is 24.3 Å². The minimum absolute atomic E-state index is 0.0896. The van der Waals surface area contributed by atoms with Gasteiger partial charge in [-0.3, -0.25) is 4.79 Å². The van der Waals surface area contributed by atoms with E-state index in [9.17, 15) is 14.3 Å². The molecular formula is C32H35Cl2FN4O3. The van der Waals surface area contributed by atoms with Crippen LogP contribution in [0, 0.1) is 11.7 Å². The molecule has 1 saturated carbocycles. The first-order chi connectivity index (χ1) is 20.3. The summed E-state index contributed by atoms with van der Waals surface area (Å²) in [6.07, 6.45) is 4.26. The summed E-state index contributed by atoms with van der Waals surface area (Å²) in [6, 6.07) is 14.6. The van der Waals surface area contributed by atoms with Gasteiger partial charge in [0.15, 0.2) is 0 Å². The highest BCUT2D eigenvalue weighted by Crippen LogP contribution is 2.35. The van der Waals surface area contributed by atoms with Crippen molar-refractivity contribution in [3.05, 3.63) is 76.0 Å². The number of amides is 1. The first kappa shape index (κ1) is 29.2. The van der Waals surface area contributed by atoms with Gasteiger partial charge in [0.1, 0.15) is 23.5 Å². The van der Waals surface area contributed by atoms with Crippen LogP contribution in [0.5, 0.6) is 5.75 Å². The van der Waals surface area contributed by atoms with E-state index in [1.165, 1.54) is 12.1 Å². The van der Waals surface area contributed by atoms with E-state index < -0.39 is 12.1 Å². The van der Waals surface area contributed by atoms with Crippen molar-refractivity contribution in [2.45, 2.75) is 50.4 Å². The van der Waals surface area contributed by atoms with E-state index in [4.69, 9.17) is 32.9 Å². The Labute approximate surface area is 255 Å². The molecule has 0 radical (unpaired) electrons. The number of nitrogens with zero attached hydrogens (tertiary/aromatic N) is 3. The van der Waals surface area contributed by atoms with Crippen molar-refractivity contribution < 1.29 is 19.0 Å². The number of anilines is 1. The first-order valence-corrected chi connectivity index (χ1v) is 15.4. The lowest BCUT2D eigenvalue weighted by Crippen LogP contribution is -2.48. The van der Waals surface area contributed by atoms with E-state index >= 15 is 0 Å². The maximum atomic E-state index is 13.6. The topological polar surface area (TPSA) is 77.9 Å². The molecule has 2 aromatic carbocycles. The number of aliphatic hydroxyl groups excluding tert-OH is 1. The molecule has 42 heavy (non-hydrogen) atoms. The highest BCUT2D eigenvalue weighted by atomic mass is 35.5. The highest BCUT2D eigenvalue weighted by Gasteiger charge is 2.34. The molecule has 1 amide bonds. The minimum Gasteiger partial charge on any atom is -0.489 e. The molecular weight excluding hydrogens is 578 g/mol. The number of likely N-dealkylation sites (tertiary alicyclic amines) is 1. The number of halogens is 3. The van der Waals surface area contributed by atoms with E-state index in [0.717, 1.165) is 44.3 Å². The van der Waals surface area contributed by atoms with Gasteiger partial charge < -0.3 is 25.0 Å². The number of ether oxygens (including phenoxy) is 1. The smallest absolute Gasteiger partial charge is 0.225 e.